The lowest BCUT2D eigenvalue weighted by molar-refractivity contribution is 0.278. The van der Waals surface area contributed by atoms with Gasteiger partial charge in [-0.05, 0) is 25.2 Å². The molecule has 0 heterocycles. The van der Waals surface area contributed by atoms with E-state index in [0.29, 0.717) is 11.3 Å². The predicted molar refractivity (Wildman–Crippen MR) is 55.9 cm³/mol. The fourth-order valence-corrected chi connectivity index (χ4v) is 1.91. The first-order valence-electron chi connectivity index (χ1n) is 4.94. The zero-order chi connectivity index (χ0) is 9.61. The fourth-order valence-electron chi connectivity index (χ4n) is 1.91. The molecular formula is C12H22. The maximum atomic E-state index is 3.21. The quantitative estimate of drug-likeness (QED) is 0.556. The minimum atomic E-state index is 0.470. The van der Waals surface area contributed by atoms with E-state index in [0.717, 1.165) is 0 Å². The molecule has 0 aromatic carbocycles. The van der Waals surface area contributed by atoms with Crippen LogP contribution >= 0.6 is 0 Å². The molecule has 1 atom stereocenters. The van der Waals surface area contributed by atoms with E-state index in [9.17, 15) is 0 Å². The maximum absolute atomic E-state index is 3.21. The summed E-state index contributed by atoms with van der Waals surface area (Å²) in [7, 11) is 0. The largest absolute Gasteiger partial charge is 0.106 e. The second kappa shape index (κ2) is 5.25. The van der Waals surface area contributed by atoms with E-state index in [1.807, 2.05) is 6.92 Å². The van der Waals surface area contributed by atoms with Gasteiger partial charge in [0.15, 0.2) is 0 Å². The average molecular weight is 166 g/mol. The second-order valence-electron chi connectivity index (χ2n) is 4.41. The third kappa shape index (κ3) is 5.24. The standard InChI is InChI=1S/C12H22/c1-6-8-11(3)10-12(4,5)9-7-2/h11H,7,9-10H2,1-5H3. The molecule has 0 bridgehead atoms. The summed E-state index contributed by atoms with van der Waals surface area (Å²) in [5, 5.41) is 0. The Kier molecular flexibility index (Phi) is 5.06. The lowest BCUT2D eigenvalue weighted by Crippen LogP contribution is -2.14. The van der Waals surface area contributed by atoms with Crippen molar-refractivity contribution in [2.75, 3.05) is 0 Å². The highest BCUT2D eigenvalue weighted by Crippen LogP contribution is 2.29. The molecule has 0 rings (SSSR count). The average Bonchev–Trinajstić information content (AvgIpc) is 1.85. The first kappa shape index (κ1) is 11.6. The van der Waals surface area contributed by atoms with Crippen LogP contribution in [0.4, 0.5) is 0 Å². The van der Waals surface area contributed by atoms with Gasteiger partial charge in [0.2, 0.25) is 0 Å². The Bertz CT molecular complexity index is 166. The van der Waals surface area contributed by atoms with Gasteiger partial charge in [-0.1, -0.05) is 34.1 Å². The van der Waals surface area contributed by atoms with E-state index in [1.54, 1.807) is 0 Å². The van der Waals surface area contributed by atoms with Crippen molar-refractivity contribution in [1.82, 2.24) is 0 Å². The molecule has 0 amide bonds. The Balaban J connectivity index is 3.92. The van der Waals surface area contributed by atoms with Crippen LogP contribution in [0.1, 0.15) is 53.9 Å². The molecule has 1 unspecified atom stereocenters. The minimum absolute atomic E-state index is 0.470. The SMILES string of the molecule is CC#CC(C)CC(C)(C)CCC. The summed E-state index contributed by atoms with van der Waals surface area (Å²) < 4.78 is 0. The smallest absolute Gasteiger partial charge is 0.0179 e. The van der Waals surface area contributed by atoms with Gasteiger partial charge in [0.25, 0.3) is 0 Å². The third-order valence-electron chi connectivity index (χ3n) is 2.18. The molecule has 12 heavy (non-hydrogen) atoms. The van der Waals surface area contributed by atoms with E-state index in [4.69, 9.17) is 0 Å². The zero-order valence-corrected chi connectivity index (χ0v) is 9.20. The van der Waals surface area contributed by atoms with Gasteiger partial charge in [0, 0.05) is 5.92 Å². The Morgan fingerprint density at radius 1 is 1.33 bits per heavy atom. The van der Waals surface area contributed by atoms with Crippen LogP contribution in [0.15, 0.2) is 0 Å². The van der Waals surface area contributed by atoms with Gasteiger partial charge < -0.3 is 0 Å². The lowest BCUT2D eigenvalue weighted by Gasteiger charge is -2.25. The highest BCUT2D eigenvalue weighted by atomic mass is 14.2. The van der Waals surface area contributed by atoms with Crippen molar-refractivity contribution in [3.8, 4) is 11.8 Å². The maximum Gasteiger partial charge on any atom is 0.0179 e. The van der Waals surface area contributed by atoms with Gasteiger partial charge in [-0.2, -0.15) is 0 Å². The van der Waals surface area contributed by atoms with E-state index >= 15 is 0 Å². The van der Waals surface area contributed by atoms with Crippen molar-refractivity contribution in [2.45, 2.75) is 53.9 Å². The molecule has 0 aromatic rings. The molecule has 70 valence electrons. The number of hydrogen-bond donors (Lipinski definition) is 0. The van der Waals surface area contributed by atoms with Gasteiger partial charge in [0.05, 0.1) is 0 Å². The monoisotopic (exact) mass is 166 g/mol. The van der Waals surface area contributed by atoms with E-state index < -0.39 is 0 Å². The summed E-state index contributed by atoms with van der Waals surface area (Å²) in [5.41, 5.74) is 0.470. The van der Waals surface area contributed by atoms with Crippen LogP contribution in [-0.2, 0) is 0 Å². The molecule has 0 aromatic heterocycles. The molecule has 0 fully saturated rings. The molecule has 0 heteroatoms. The molecule has 0 spiro atoms. The molecule has 0 aliphatic rings. The first-order valence-corrected chi connectivity index (χ1v) is 4.94. The van der Waals surface area contributed by atoms with Gasteiger partial charge >= 0.3 is 0 Å². The van der Waals surface area contributed by atoms with Crippen molar-refractivity contribution in [1.29, 1.82) is 0 Å². The zero-order valence-electron chi connectivity index (χ0n) is 9.20. The van der Waals surface area contributed by atoms with Gasteiger partial charge in [0.1, 0.15) is 0 Å². The van der Waals surface area contributed by atoms with E-state index in [2.05, 4.69) is 39.5 Å². The van der Waals surface area contributed by atoms with Crippen molar-refractivity contribution in [3.05, 3.63) is 0 Å². The van der Waals surface area contributed by atoms with Crippen LogP contribution in [0.25, 0.3) is 0 Å². The van der Waals surface area contributed by atoms with Crippen LogP contribution < -0.4 is 0 Å². The van der Waals surface area contributed by atoms with Crippen LogP contribution in [0.2, 0.25) is 0 Å². The Hall–Kier alpha value is -0.440. The van der Waals surface area contributed by atoms with Crippen molar-refractivity contribution >= 4 is 0 Å². The molecule has 0 aliphatic heterocycles. The summed E-state index contributed by atoms with van der Waals surface area (Å²) in [4.78, 5) is 0. The van der Waals surface area contributed by atoms with Crippen LogP contribution in [0.5, 0.6) is 0 Å². The van der Waals surface area contributed by atoms with Crippen LogP contribution in [-0.4, -0.2) is 0 Å². The molecular weight excluding hydrogens is 144 g/mol. The molecule has 0 aliphatic carbocycles. The molecule has 0 radical (unpaired) electrons. The van der Waals surface area contributed by atoms with Crippen LogP contribution in [0, 0.1) is 23.2 Å². The fraction of sp³-hybridized carbons (Fsp3) is 0.833. The Morgan fingerprint density at radius 2 is 1.92 bits per heavy atom. The summed E-state index contributed by atoms with van der Waals surface area (Å²) >= 11 is 0. The lowest BCUT2D eigenvalue weighted by atomic mass is 9.80. The highest BCUT2D eigenvalue weighted by molar-refractivity contribution is 5.00. The molecule has 0 N–H and O–H groups in total. The van der Waals surface area contributed by atoms with E-state index in [-0.39, 0.29) is 0 Å². The summed E-state index contributed by atoms with van der Waals surface area (Å²) in [5.74, 6) is 6.74. The van der Waals surface area contributed by atoms with Gasteiger partial charge in [-0.25, -0.2) is 0 Å². The molecule has 0 nitrogen and oxygen atoms in total. The highest BCUT2D eigenvalue weighted by Gasteiger charge is 2.18. The summed E-state index contributed by atoms with van der Waals surface area (Å²) in [6, 6.07) is 0. The Morgan fingerprint density at radius 3 is 2.33 bits per heavy atom. The summed E-state index contributed by atoms with van der Waals surface area (Å²) in [6.45, 7) is 11.1. The molecule has 0 saturated heterocycles. The number of hydrogen-bond acceptors (Lipinski definition) is 0. The minimum Gasteiger partial charge on any atom is -0.106 e. The van der Waals surface area contributed by atoms with E-state index in [1.165, 1.54) is 19.3 Å². The van der Waals surface area contributed by atoms with Gasteiger partial charge in [-0.15, -0.1) is 11.8 Å². The topological polar surface area (TPSA) is 0 Å². The van der Waals surface area contributed by atoms with Crippen molar-refractivity contribution in [3.63, 3.8) is 0 Å². The Labute approximate surface area is 77.8 Å². The van der Waals surface area contributed by atoms with Crippen LogP contribution in [0.3, 0.4) is 0 Å². The van der Waals surface area contributed by atoms with Crippen molar-refractivity contribution < 1.29 is 0 Å². The van der Waals surface area contributed by atoms with Crippen molar-refractivity contribution in [2.24, 2.45) is 11.3 Å². The normalized spacial score (nSPS) is 13.4. The third-order valence-corrected chi connectivity index (χ3v) is 2.18. The molecule has 0 saturated carbocycles. The number of rotatable bonds is 4. The second-order valence-corrected chi connectivity index (χ2v) is 4.41. The summed E-state index contributed by atoms with van der Waals surface area (Å²) in [6.07, 6.45) is 3.81. The van der Waals surface area contributed by atoms with Gasteiger partial charge in [-0.3, -0.25) is 0 Å². The first-order chi connectivity index (χ1) is 5.52. The predicted octanol–water partition coefficient (Wildman–Crippen LogP) is 3.86.